The fraction of sp³-hybridized carbons (Fsp3) is 0.429. The largest absolute Gasteiger partial charge is 0.339 e. The molecule has 1 aromatic carbocycles. The maximum absolute atomic E-state index is 12.2. The number of rotatable bonds is 2. The summed E-state index contributed by atoms with van der Waals surface area (Å²) in [4.78, 5) is 27.8. The predicted octanol–water partition coefficient (Wildman–Crippen LogP) is 0.0742. The summed E-state index contributed by atoms with van der Waals surface area (Å²) in [5.41, 5.74) is 1.75. The number of benzene rings is 1. The molecule has 0 spiro atoms. The fourth-order valence-electron chi connectivity index (χ4n) is 2.62. The zero-order chi connectivity index (χ0) is 13.2. The molecule has 2 amide bonds. The minimum atomic E-state index is -0.0286. The van der Waals surface area contributed by atoms with Crippen LogP contribution in [0.3, 0.4) is 0 Å². The molecule has 100 valence electrons. The first-order valence-corrected chi connectivity index (χ1v) is 6.61. The molecule has 19 heavy (non-hydrogen) atoms. The predicted molar refractivity (Wildman–Crippen MR) is 70.6 cm³/mol. The molecule has 3 rings (SSSR count). The van der Waals surface area contributed by atoms with E-state index in [1.807, 2.05) is 29.2 Å². The number of hydrogen-bond acceptors (Lipinski definition) is 3. The van der Waals surface area contributed by atoms with E-state index in [1.54, 1.807) is 4.90 Å². The number of carbonyl (C=O) groups excluding carboxylic acids is 2. The monoisotopic (exact) mass is 259 g/mol. The number of fused-ring (bicyclic) bond motifs is 1. The first-order valence-electron chi connectivity index (χ1n) is 6.61. The van der Waals surface area contributed by atoms with Crippen LogP contribution in [0.1, 0.15) is 15.9 Å². The molecule has 1 saturated heterocycles. The molecule has 0 saturated carbocycles. The Balaban J connectivity index is 1.66. The SMILES string of the molecule is O=C(CN1Cc2ccccc2C1=O)N1CCNCC1. The maximum atomic E-state index is 12.2. The molecule has 0 radical (unpaired) electrons. The summed E-state index contributed by atoms with van der Waals surface area (Å²) in [6.45, 7) is 3.86. The molecule has 1 N–H and O–H groups in total. The Hall–Kier alpha value is -1.88. The first kappa shape index (κ1) is 12.2. The van der Waals surface area contributed by atoms with Crippen LogP contribution >= 0.6 is 0 Å². The molecule has 0 aromatic heterocycles. The lowest BCUT2D eigenvalue weighted by atomic mass is 10.1. The number of carbonyl (C=O) groups is 2. The summed E-state index contributed by atoms with van der Waals surface area (Å²) in [6.07, 6.45) is 0. The van der Waals surface area contributed by atoms with Crippen molar-refractivity contribution in [2.45, 2.75) is 6.54 Å². The fourth-order valence-corrected chi connectivity index (χ4v) is 2.62. The minimum Gasteiger partial charge on any atom is -0.339 e. The van der Waals surface area contributed by atoms with E-state index < -0.39 is 0 Å². The zero-order valence-corrected chi connectivity index (χ0v) is 10.8. The van der Waals surface area contributed by atoms with Crippen LogP contribution in [0.15, 0.2) is 24.3 Å². The molecule has 0 unspecified atom stereocenters. The zero-order valence-electron chi connectivity index (χ0n) is 10.8. The van der Waals surface area contributed by atoms with Gasteiger partial charge in [0.2, 0.25) is 5.91 Å². The van der Waals surface area contributed by atoms with Crippen molar-refractivity contribution in [3.63, 3.8) is 0 Å². The van der Waals surface area contributed by atoms with Crippen LogP contribution in [0.5, 0.6) is 0 Å². The van der Waals surface area contributed by atoms with Crippen molar-refractivity contribution >= 4 is 11.8 Å². The molecule has 1 aromatic rings. The van der Waals surface area contributed by atoms with Crippen LogP contribution in [-0.2, 0) is 11.3 Å². The summed E-state index contributed by atoms with van der Waals surface area (Å²) in [6, 6.07) is 7.56. The Kier molecular flexibility index (Phi) is 3.21. The Morgan fingerprint density at radius 2 is 1.95 bits per heavy atom. The second-order valence-electron chi connectivity index (χ2n) is 4.95. The van der Waals surface area contributed by atoms with Gasteiger partial charge in [-0.1, -0.05) is 18.2 Å². The van der Waals surface area contributed by atoms with E-state index in [9.17, 15) is 9.59 Å². The van der Waals surface area contributed by atoms with Crippen LogP contribution in [0, 0.1) is 0 Å². The van der Waals surface area contributed by atoms with E-state index in [0.29, 0.717) is 6.54 Å². The Bertz CT molecular complexity index is 509. The average molecular weight is 259 g/mol. The lowest BCUT2D eigenvalue weighted by Gasteiger charge is -2.29. The van der Waals surface area contributed by atoms with Gasteiger partial charge in [0.05, 0.1) is 0 Å². The molecular weight excluding hydrogens is 242 g/mol. The highest BCUT2D eigenvalue weighted by atomic mass is 16.2. The van der Waals surface area contributed by atoms with Gasteiger partial charge in [-0.3, -0.25) is 9.59 Å². The van der Waals surface area contributed by atoms with E-state index in [4.69, 9.17) is 0 Å². The molecule has 0 atom stereocenters. The first-order chi connectivity index (χ1) is 9.25. The van der Waals surface area contributed by atoms with Crippen LogP contribution in [0.4, 0.5) is 0 Å². The maximum Gasteiger partial charge on any atom is 0.254 e. The van der Waals surface area contributed by atoms with E-state index in [-0.39, 0.29) is 18.4 Å². The summed E-state index contributed by atoms with van der Waals surface area (Å²) >= 11 is 0. The molecular formula is C14H17N3O2. The highest BCUT2D eigenvalue weighted by Crippen LogP contribution is 2.22. The van der Waals surface area contributed by atoms with Crippen molar-refractivity contribution in [3.05, 3.63) is 35.4 Å². The molecule has 5 nitrogen and oxygen atoms in total. The van der Waals surface area contributed by atoms with Crippen molar-refractivity contribution in [1.82, 2.24) is 15.1 Å². The van der Waals surface area contributed by atoms with Gasteiger partial charge in [0.15, 0.2) is 0 Å². The number of piperazine rings is 1. The van der Waals surface area contributed by atoms with Crippen molar-refractivity contribution in [2.24, 2.45) is 0 Å². The quantitative estimate of drug-likeness (QED) is 0.818. The van der Waals surface area contributed by atoms with Crippen molar-refractivity contribution in [3.8, 4) is 0 Å². The van der Waals surface area contributed by atoms with Gasteiger partial charge in [0.25, 0.3) is 5.91 Å². The van der Waals surface area contributed by atoms with Crippen LogP contribution in [-0.4, -0.2) is 54.3 Å². The Labute approximate surface area is 112 Å². The Morgan fingerprint density at radius 3 is 2.68 bits per heavy atom. The number of nitrogens with one attached hydrogen (secondary N) is 1. The van der Waals surface area contributed by atoms with Gasteiger partial charge in [-0.15, -0.1) is 0 Å². The number of amides is 2. The highest BCUT2D eigenvalue weighted by Gasteiger charge is 2.29. The smallest absolute Gasteiger partial charge is 0.254 e. The number of hydrogen-bond donors (Lipinski definition) is 1. The van der Waals surface area contributed by atoms with E-state index in [1.165, 1.54) is 0 Å². The van der Waals surface area contributed by atoms with E-state index in [2.05, 4.69) is 5.32 Å². The van der Waals surface area contributed by atoms with Crippen LogP contribution in [0.2, 0.25) is 0 Å². The minimum absolute atomic E-state index is 0.0286. The molecule has 0 aliphatic carbocycles. The molecule has 2 aliphatic heterocycles. The summed E-state index contributed by atoms with van der Waals surface area (Å²) in [5.74, 6) is 0.0155. The van der Waals surface area contributed by atoms with Gasteiger partial charge in [-0.2, -0.15) is 0 Å². The van der Waals surface area contributed by atoms with Crippen LogP contribution in [0.25, 0.3) is 0 Å². The average Bonchev–Trinajstić information content (AvgIpc) is 2.77. The van der Waals surface area contributed by atoms with Gasteiger partial charge >= 0.3 is 0 Å². The third-order valence-corrected chi connectivity index (χ3v) is 3.69. The van der Waals surface area contributed by atoms with Gasteiger partial charge in [-0.05, 0) is 11.6 Å². The molecule has 2 aliphatic rings. The molecule has 1 fully saturated rings. The lowest BCUT2D eigenvalue weighted by molar-refractivity contribution is -0.132. The topological polar surface area (TPSA) is 52.7 Å². The third-order valence-electron chi connectivity index (χ3n) is 3.69. The Morgan fingerprint density at radius 1 is 1.21 bits per heavy atom. The van der Waals surface area contributed by atoms with E-state index in [0.717, 1.165) is 37.3 Å². The van der Waals surface area contributed by atoms with Crippen molar-refractivity contribution in [1.29, 1.82) is 0 Å². The van der Waals surface area contributed by atoms with Gasteiger partial charge < -0.3 is 15.1 Å². The summed E-state index contributed by atoms with van der Waals surface area (Å²) in [7, 11) is 0. The summed E-state index contributed by atoms with van der Waals surface area (Å²) in [5, 5.41) is 3.21. The lowest BCUT2D eigenvalue weighted by Crippen LogP contribution is -2.49. The molecule has 0 bridgehead atoms. The van der Waals surface area contributed by atoms with Gasteiger partial charge in [0, 0.05) is 38.3 Å². The second-order valence-corrected chi connectivity index (χ2v) is 4.95. The third kappa shape index (κ3) is 2.33. The standard InChI is InChI=1S/C14H17N3O2/c18-13(16-7-5-15-6-8-16)10-17-9-11-3-1-2-4-12(11)14(17)19/h1-4,15H,5-10H2. The molecule has 2 heterocycles. The van der Waals surface area contributed by atoms with Gasteiger partial charge in [-0.25, -0.2) is 0 Å². The summed E-state index contributed by atoms with van der Waals surface area (Å²) < 4.78 is 0. The number of nitrogens with zero attached hydrogens (tertiary/aromatic N) is 2. The van der Waals surface area contributed by atoms with Crippen molar-refractivity contribution < 1.29 is 9.59 Å². The molecule has 5 heteroatoms. The second kappa shape index (κ2) is 5.01. The van der Waals surface area contributed by atoms with Crippen molar-refractivity contribution in [2.75, 3.05) is 32.7 Å². The van der Waals surface area contributed by atoms with Gasteiger partial charge in [0.1, 0.15) is 6.54 Å². The normalized spacial score (nSPS) is 18.6. The van der Waals surface area contributed by atoms with Crippen LogP contribution < -0.4 is 5.32 Å². The highest BCUT2D eigenvalue weighted by molar-refractivity contribution is 6.00. The van der Waals surface area contributed by atoms with E-state index >= 15 is 0 Å².